The number of carbonyl (C=O) groups is 1. The smallest absolute Gasteiger partial charge is 0.258 e. The van der Waals surface area contributed by atoms with Gasteiger partial charge in [-0.3, -0.25) is 9.79 Å². The van der Waals surface area contributed by atoms with E-state index in [0.29, 0.717) is 57.1 Å². The summed E-state index contributed by atoms with van der Waals surface area (Å²) in [6.07, 6.45) is 1.68. The number of carbonyl (C=O) groups excluding carboxylic acids is 1. The molecule has 6 rings (SSSR count). The number of pyridine rings is 1. The quantitative estimate of drug-likeness (QED) is 0.456. The van der Waals surface area contributed by atoms with E-state index in [-0.39, 0.29) is 12.7 Å². The van der Waals surface area contributed by atoms with Gasteiger partial charge in [0.25, 0.3) is 5.91 Å². The highest BCUT2D eigenvalue weighted by molar-refractivity contribution is 8.14. The maximum Gasteiger partial charge on any atom is 0.258 e. The highest BCUT2D eigenvalue weighted by Crippen LogP contribution is 2.36. The minimum absolute atomic E-state index is 0.187. The Hall–Kier alpha value is -3.56. The highest BCUT2D eigenvalue weighted by atomic mass is 35.5. The first-order valence-electron chi connectivity index (χ1n) is 10.6. The monoisotopic (exact) mass is 491 g/mol. The Morgan fingerprint density at radius 1 is 1.12 bits per heavy atom. The van der Waals surface area contributed by atoms with Gasteiger partial charge in [0, 0.05) is 16.3 Å². The summed E-state index contributed by atoms with van der Waals surface area (Å²) in [4.78, 5) is 22.5. The zero-order chi connectivity index (χ0) is 23.1. The van der Waals surface area contributed by atoms with Gasteiger partial charge in [0.1, 0.15) is 0 Å². The van der Waals surface area contributed by atoms with Gasteiger partial charge in [-0.15, -0.1) is 0 Å². The number of benzene rings is 2. The van der Waals surface area contributed by atoms with Crippen molar-refractivity contribution < 1.29 is 14.3 Å². The predicted octanol–water partition coefficient (Wildman–Crippen LogP) is 4.36. The molecule has 2 aliphatic heterocycles. The summed E-state index contributed by atoms with van der Waals surface area (Å²) in [6.45, 7) is 1.38. The van der Waals surface area contributed by atoms with Gasteiger partial charge < -0.3 is 14.8 Å². The Morgan fingerprint density at radius 3 is 2.79 bits per heavy atom. The molecule has 0 saturated carbocycles. The molecule has 2 aromatic carbocycles. The number of amidine groups is 1. The van der Waals surface area contributed by atoms with Crippen LogP contribution in [0.4, 0.5) is 0 Å². The van der Waals surface area contributed by atoms with Crippen LogP contribution in [0.15, 0.2) is 59.7 Å². The first-order chi connectivity index (χ1) is 16.6. The van der Waals surface area contributed by atoms with Gasteiger partial charge >= 0.3 is 0 Å². The summed E-state index contributed by atoms with van der Waals surface area (Å²) >= 11 is 7.57. The van der Waals surface area contributed by atoms with Gasteiger partial charge in [-0.2, -0.15) is 5.10 Å². The Labute approximate surface area is 203 Å². The van der Waals surface area contributed by atoms with E-state index in [1.807, 2.05) is 42.5 Å². The topological polar surface area (TPSA) is 90.6 Å². The predicted molar refractivity (Wildman–Crippen MR) is 132 cm³/mol. The Morgan fingerprint density at radius 2 is 1.97 bits per heavy atom. The van der Waals surface area contributed by atoms with Gasteiger partial charge in [-0.25, -0.2) is 9.67 Å². The molecular formula is C24H18ClN5O3S. The van der Waals surface area contributed by atoms with Crippen LogP contribution in [0.25, 0.3) is 22.3 Å². The lowest BCUT2D eigenvalue weighted by molar-refractivity contribution is 0.0979. The normalized spacial score (nSPS) is 14.4. The SMILES string of the molecule is O=C(NC1=NCCS1)c1cc(-c2ccc3c(c2)OCO3)nc2c1cnn2Cc1ccc(Cl)cc1. The third kappa shape index (κ3) is 3.97. The van der Waals surface area contributed by atoms with Crippen molar-refractivity contribution in [3.8, 4) is 22.8 Å². The molecule has 0 unspecified atom stereocenters. The fraction of sp³-hybridized carbons (Fsp3) is 0.167. The number of ether oxygens (including phenoxy) is 2. The molecule has 0 aliphatic carbocycles. The summed E-state index contributed by atoms with van der Waals surface area (Å²) < 4.78 is 12.8. The minimum atomic E-state index is -0.242. The van der Waals surface area contributed by atoms with E-state index in [1.54, 1.807) is 16.9 Å². The molecule has 4 aromatic rings. The first kappa shape index (κ1) is 21.0. The van der Waals surface area contributed by atoms with Crippen molar-refractivity contribution in [2.45, 2.75) is 6.54 Å². The molecule has 34 heavy (non-hydrogen) atoms. The molecule has 4 heterocycles. The van der Waals surface area contributed by atoms with Crippen molar-refractivity contribution in [3.05, 3.63) is 70.9 Å². The van der Waals surface area contributed by atoms with Crippen LogP contribution in [0.3, 0.4) is 0 Å². The van der Waals surface area contributed by atoms with Crippen LogP contribution in [0, 0.1) is 0 Å². The summed E-state index contributed by atoms with van der Waals surface area (Å²) in [6, 6.07) is 15.0. The number of fused-ring (bicyclic) bond motifs is 2. The van der Waals surface area contributed by atoms with Gasteiger partial charge in [0.05, 0.1) is 35.9 Å². The van der Waals surface area contributed by atoms with Crippen molar-refractivity contribution in [3.63, 3.8) is 0 Å². The molecule has 8 nitrogen and oxygen atoms in total. The van der Waals surface area contributed by atoms with Gasteiger partial charge in [0.2, 0.25) is 6.79 Å². The van der Waals surface area contributed by atoms with E-state index in [4.69, 9.17) is 26.1 Å². The van der Waals surface area contributed by atoms with Crippen molar-refractivity contribution in [2.24, 2.45) is 4.99 Å². The number of halogens is 1. The average Bonchev–Trinajstić information content (AvgIpc) is 3.61. The number of rotatable bonds is 4. The van der Waals surface area contributed by atoms with E-state index in [1.165, 1.54) is 11.8 Å². The molecule has 0 spiro atoms. The summed E-state index contributed by atoms with van der Waals surface area (Å²) in [5.74, 6) is 1.96. The molecule has 10 heteroatoms. The van der Waals surface area contributed by atoms with Gasteiger partial charge in [-0.05, 0) is 42.0 Å². The van der Waals surface area contributed by atoms with Crippen LogP contribution in [0.1, 0.15) is 15.9 Å². The number of hydrogen-bond donors (Lipinski definition) is 1. The Bertz CT molecular complexity index is 1450. The molecule has 1 amide bonds. The summed E-state index contributed by atoms with van der Waals surface area (Å²) in [5, 5.41) is 9.43. The van der Waals surface area contributed by atoms with Crippen molar-refractivity contribution in [1.29, 1.82) is 0 Å². The van der Waals surface area contributed by atoms with E-state index >= 15 is 0 Å². The van der Waals surface area contributed by atoms with Gasteiger partial charge in [0.15, 0.2) is 22.3 Å². The zero-order valence-corrected chi connectivity index (χ0v) is 19.4. The number of nitrogens with one attached hydrogen (secondary N) is 1. The lowest BCUT2D eigenvalue weighted by Gasteiger charge is -2.10. The average molecular weight is 492 g/mol. The van der Waals surface area contributed by atoms with E-state index < -0.39 is 0 Å². The van der Waals surface area contributed by atoms with Crippen molar-refractivity contribution >= 4 is 45.5 Å². The maximum absolute atomic E-state index is 13.3. The van der Waals surface area contributed by atoms with Crippen molar-refractivity contribution in [1.82, 2.24) is 20.1 Å². The molecule has 0 saturated heterocycles. The molecular weight excluding hydrogens is 474 g/mol. The van der Waals surface area contributed by atoms with Gasteiger partial charge in [-0.1, -0.05) is 35.5 Å². The molecule has 1 N–H and O–H groups in total. The first-order valence-corrected chi connectivity index (χ1v) is 12.0. The van der Waals surface area contributed by atoms with E-state index in [0.717, 1.165) is 16.9 Å². The minimum Gasteiger partial charge on any atom is -0.454 e. The van der Waals surface area contributed by atoms with Crippen LogP contribution >= 0.6 is 23.4 Å². The van der Waals surface area contributed by atoms with Crippen molar-refractivity contribution in [2.75, 3.05) is 19.1 Å². The second-order valence-corrected chi connectivity index (χ2v) is 9.30. The number of thioether (sulfide) groups is 1. The second-order valence-electron chi connectivity index (χ2n) is 7.78. The molecule has 2 aromatic heterocycles. The number of hydrogen-bond acceptors (Lipinski definition) is 7. The lowest BCUT2D eigenvalue weighted by atomic mass is 10.1. The molecule has 170 valence electrons. The van der Waals surface area contributed by atoms with Crippen LogP contribution in [0.5, 0.6) is 11.5 Å². The van der Waals surface area contributed by atoms with Crippen LogP contribution in [0.2, 0.25) is 5.02 Å². The zero-order valence-electron chi connectivity index (χ0n) is 17.8. The lowest BCUT2D eigenvalue weighted by Crippen LogP contribution is -2.27. The molecule has 2 aliphatic rings. The third-order valence-corrected chi connectivity index (χ3v) is 6.72. The molecule has 0 radical (unpaired) electrons. The maximum atomic E-state index is 13.3. The molecule has 0 atom stereocenters. The second kappa shape index (κ2) is 8.66. The number of aromatic nitrogens is 3. The van der Waals surface area contributed by atoms with Crippen LogP contribution < -0.4 is 14.8 Å². The number of aliphatic imine (C=N–C) groups is 1. The molecule has 0 fully saturated rings. The Balaban J connectivity index is 1.45. The Kier molecular flexibility index (Phi) is 5.35. The number of amides is 1. The fourth-order valence-electron chi connectivity index (χ4n) is 3.89. The molecule has 0 bridgehead atoms. The standard InChI is InChI=1S/C24H18ClN5O3S/c25-16-4-1-14(2-5-16)12-30-22-18(11-27-30)17(23(31)29-24-26-7-8-34-24)10-19(28-22)15-3-6-20-21(9-15)33-13-32-20/h1-6,9-11H,7-8,12-13H2,(H,26,29,31). The summed E-state index contributed by atoms with van der Waals surface area (Å²) in [7, 11) is 0. The third-order valence-electron chi connectivity index (χ3n) is 5.57. The largest absolute Gasteiger partial charge is 0.454 e. The summed E-state index contributed by atoms with van der Waals surface area (Å²) in [5.41, 5.74) is 3.56. The highest BCUT2D eigenvalue weighted by Gasteiger charge is 2.21. The van der Waals surface area contributed by atoms with Crippen LogP contribution in [-0.2, 0) is 6.54 Å². The van der Waals surface area contributed by atoms with E-state index in [2.05, 4.69) is 15.4 Å². The fourth-order valence-corrected chi connectivity index (χ4v) is 4.74. The number of nitrogens with zero attached hydrogens (tertiary/aromatic N) is 4. The van der Waals surface area contributed by atoms with E-state index in [9.17, 15) is 4.79 Å². The van der Waals surface area contributed by atoms with Crippen LogP contribution in [-0.4, -0.2) is 44.9 Å².